The summed E-state index contributed by atoms with van der Waals surface area (Å²) in [4.78, 5) is 11.8. The molecule has 0 unspecified atom stereocenters. The number of hydrogen-bond donors (Lipinski definition) is 1. The average molecular weight is 276 g/mol. The second-order valence-corrected chi connectivity index (χ2v) is 5.28. The van der Waals surface area contributed by atoms with Crippen molar-refractivity contribution in [1.29, 1.82) is 0 Å². The molecule has 0 radical (unpaired) electrons. The molecule has 0 aliphatic heterocycles. The lowest BCUT2D eigenvalue weighted by molar-refractivity contribution is -0.120. The molecule has 0 heterocycles. The van der Waals surface area contributed by atoms with Crippen molar-refractivity contribution in [2.24, 2.45) is 5.10 Å². The lowest BCUT2D eigenvalue weighted by Crippen LogP contribution is -2.22. The lowest BCUT2D eigenvalue weighted by Gasteiger charge is -2.11. The van der Waals surface area contributed by atoms with Crippen molar-refractivity contribution in [2.45, 2.75) is 51.4 Å². The molecule has 1 N–H and O–H groups in total. The number of nitrogens with one attached hydrogen (secondary N) is 1. The van der Waals surface area contributed by atoms with Crippen LogP contribution in [0.25, 0.3) is 0 Å². The molecule has 20 heavy (non-hydrogen) atoms. The van der Waals surface area contributed by atoms with Crippen molar-refractivity contribution in [3.05, 3.63) is 35.6 Å². The van der Waals surface area contributed by atoms with Crippen LogP contribution in [0.3, 0.4) is 0 Å². The molecule has 108 valence electrons. The van der Waals surface area contributed by atoms with Gasteiger partial charge in [-0.05, 0) is 43.4 Å². The average Bonchev–Trinajstić information content (AvgIpc) is 2.40. The Kier molecular flexibility index (Phi) is 5.71. The highest BCUT2D eigenvalue weighted by molar-refractivity contribution is 5.86. The summed E-state index contributed by atoms with van der Waals surface area (Å²) in [6.07, 6.45) is 8.33. The first-order valence-corrected chi connectivity index (χ1v) is 7.33. The van der Waals surface area contributed by atoms with Gasteiger partial charge in [0.1, 0.15) is 5.82 Å². The van der Waals surface area contributed by atoms with Crippen LogP contribution in [0.5, 0.6) is 0 Å². The third-order valence-electron chi connectivity index (χ3n) is 3.55. The van der Waals surface area contributed by atoms with Gasteiger partial charge in [0.25, 0.3) is 0 Å². The Morgan fingerprint density at radius 1 is 1.05 bits per heavy atom. The van der Waals surface area contributed by atoms with E-state index in [1.807, 2.05) is 0 Å². The molecule has 0 bridgehead atoms. The molecule has 0 saturated heterocycles. The number of rotatable bonds is 3. The van der Waals surface area contributed by atoms with Crippen LogP contribution in [0.2, 0.25) is 0 Å². The second kappa shape index (κ2) is 7.78. The minimum Gasteiger partial charge on any atom is -0.273 e. The number of benzene rings is 1. The maximum Gasteiger partial charge on any atom is 0.244 e. The molecule has 1 aromatic carbocycles. The topological polar surface area (TPSA) is 41.5 Å². The molecule has 1 aromatic rings. The molecule has 1 amide bonds. The number of hydrazone groups is 1. The van der Waals surface area contributed by atoms with E-state index in [1.54, 1.807) is 12.1 Å². The zero-order chi connectivity index (χ0) is 14.2. The van der Waals surface area contributed by atoms with Gasteiger partial charge in [0.15, 0.2) is 0 Å². The van der Waals surface area contributed by atoms with Gasteiger partial charge in [-0.2, -0.15) is 5.10 Å². The smallest absolute Gasteiger partial charge is 0.244 e. The monoisotopic (exact) mass is 276 g/mol. The summed E-state index contributed by atoms with van der Waals surface area (Å²) in [5, 5.41) is 4.24. The van der Waals surface area contributed by atoms with E-state index in [2.05, 4.69) is 10.5 Å². The van der Waals surface area contributed by atoms with Crippen molar-refractivity contribution >= 4 is 11.6 Å². The Hall–Kier alpha value is -1.71. The fourth-order valence-corrected chi connectivity index (χ4v) is 2.39. The van der Waals surface area contributed by atoms with E-state index in [4.69, 9.17) is 0 Å². The van der Waals surface area contributed by atoms with Crippen molar-refractivity contribution < 1.29 is 9.18 Å². The fourth-order valence-electron chi connectivity index (χ4n) is 2.39. The van der Waals surface area contributed by atoms with Gasteiger partial charge in [0.05, 0.1) is 6.42 Å². The molecule has 4 heteroatoms. The van der Waals surface area contributed by atoms with Crippen LogP contribution in [0.4, 0.5) is 4.39 Å². The van der Waals surface area contributed by atoms with E-state index in [1.165, 1.54) is 31.4 Å². The minimum absolute atomic E-state index is 0.147. The minimum atomic E-state index is -0.288. The molecular formula is C16H21FN2O. The van der Waals surface area contributed by atoms with Crippen LogP contribution in [-0.2, 0) is 11.2 Å². The van der Waals surface area contributed by atoms with Gasteiger partial charge < -0.3 is 0 Å². The normalized spacial score (nSPS) is 16.1. The second-order valence-electron chi connectivity index (χ2n) is 5.28. The van der Waals surface area contributed by atoms with E-state index in [-0.39, 0.29) is 18.1 Å². The number of nitrogens with zero attached hydrogens (tertiary/aromatic N) is 1. The van der Waals surface area contributed by atoms with Crippen molar-refractivity contribution in [1.82, 2.24) is 5.43 Å². The zero-order valence-corrected chi connectivity index (χ0v) is 11.7. The molecular weight excluding hydrogens is 255 g/mol. The van der Waals surface area contributed by atoms with Gasteiger partial charge in [-0.1, -0.05) is 31.4 Å². The Morgan fingerprint density at radius 3 is 2.30 bits per heavy atom. The first kappa shape index (κ1) is 14.7. The summed E-state index contributed by atoms with van der Waals surface area (Å²) in [5.74, 6) is -0.435. The number of halogens is 1. The SMILES string of the molecule is O=C(Cc1ccc(F)cc1)NN=C1CCCCCCC1. The van der Waals surface area contributed by atoms with Crippen LogP contribution < -0.4 is 5.43 Å². The lowest BCUT2D eigenvalue weighted by atomic mass is 9.99. The summed E-state index contributed by atoms with van der Waals surface area (Å²) >= 11 is 0. The quantitative estimate of drug-likeness (QED) is 0.842. The van der Waals surface area contributed by atoms with Crippen LogP contribution in [0, 0.1) is 5.82 Å². The molecule has 0 aromatic heterocycles. The van der Waals surface area contributed by atoms with E-state index in [0.717, 1.165) is 37.0 Å². The molecule has 1 aliphatic carbocycles. The molecule has 0 spiro atoms. The van der Waals surface area contributed by atoms with Gasteiger partial charge in [-0.15, -0.1) is 0 Å². The Balaban J connectivity index is 1.82. The van der Waals surface area contributed by atoms with Crippen LogP contribution in [-0.4, -0.2) is 11.6 Å². The Morgan fingerprint density at radius 2 is 1.65 bits per heavy atom. The molecule has 0 atom stereocenters. The van der Waals surface area contributed by atoms with Crippen molar-refractivity contribution in [3.63, 3.8) is 0 Å². The van der Waals surface area contributed by atoms with Crippen molar-refractivity contribution in [2.75, 3.05) is 0 Å². The first-order chi connectivity index (χ1) is 9.74. The third kappa shape index (κ3) is 5.11. The fraction of sp³-hybridized carbons (Fsp3) is 0.500. The number of amides is 1. The maximum atomic E-state index is 12.8. The number of hydrogen-bond acceptors (Lipinski definition) is 2. The summed E-state index contributed by atoms with van der Waals surface area (Å²) in [6.45, 7) is 0. The first-order valence-electron chi connectivity index (χ1n) is 7.33. The van der Waals surface area contributed by atoms with Crippen LogP contribution in [0.15, 0.2) is 29.4 Å². The summed E-state index contributed by atoms with van der Waals surface area (Å²) in [7, 11) is 0. The standard InChI is InChI=1S/C16H21FN2O/c17-14-10-8-13(9-11-14)12-16(20)19-18-15-6-4-2-1-3-5-7-15/h8-11H,1-7,12H2,(H,19,20). The van der Waals surface area contributed by atoms with Crippen LogP contribution >= 0.6 is 0 Å². The van der Waals surface area contributed by atoms with Gasteiger partial charge in [0.2, 0.25) is 5.91 Å². The van der Waals surface area contributed by atoms with Gasteiger partial charge in [0, 0.05) is 5.71 Å². The Bertz CT molecular complexity index is 458. The highest BCUT2D eigenvalue weighted by Crippen LogP contribution is 2.14. The Labute approximate surface area is 119 Å². The van der Waals surface area contributed by atoms with Gasteiger partial charge in [-0.25, -0.2) is 9.82 Å². The summed E-state index contributed by atoms with van der Waals surface area (Å²) in [6, 6.07) is 5.97. The van der Waals surface area contributed by atoms with Crippen LogP contribution in [0.1, 0.15) is 50.5 Å². The van der Waals surface area contributed by atoms with E-state index in [9.17, 15) is 9.18 Å². The number of carbonyl (C=O) groups is 1. The zero-order valence-electron chi connectivity index (χ0n) is 11.7. The van der Waals surface area contributed by atoms with Crippen molar-refractivity contribution in [3.8, 4) is 0 Å². The third-order valence-corrected chi connectivity index (χ3v) is 3.55. The molecule has 1 fully saturated rings. The van der Waals surface area contributed by atoms with E-state index >= 15 is 0 Å². The summed E-state index contributed by atoms with van der Waals surface area (Å²) < 4.78 is 12.8. The molecule has 1 aliphatic rings. The predicted octanol–water partition coefficient (Wildman–Crippen LogP) is 3.58. The predicted molar refractivity (Wildman–Crippen MR) is 78.0 cm³/mol. The summed E-state index contributed by atoms with van der Waals surface area (Å²) in [5.41, 5.74) is 4.51. The van der Waals surface area contributed by atoms with Gasteiger partial charge >= 0.3 is 0 Å². The highest BCUT2D eigenvalue weighted by atomic mass is 19.1. The van der Waals surface area contributed by atoms with E-state index < -0.39 is 0 Å². The molecule has 1 saturated carbocycles. The largest absolute Gasteiger partial charge is 0.273 e. The number of carbonyl (C=O) groups excluding carboxylic acids is 1. The van der Waals surface area contributed by atoms with E-state index in [0.29, 0.717) is 0 Å². The highest BCUT2D eigenvalue weighted by Gasteiger charge is 2.07. The molecule has 3 nitrogen and oxygen atoms in total. The van der Waals surface area contributed by atoms with Gasteiger partial charge in [-0.3, -0.25) is 4.79 Å². The molecule has 2 rings (SSSR count). The maximum absolute atomic E-state index is 12.8.